The van der Waals surface area contributed by atoms with Gasteiger partial charge in [0.25, 0.3) is 0 Å². The van der Waals surface area contributed by atoms with Crippen molar-refractivity contribution < 1.29 is 4.74 Å². The molecule has 0 heterocycles. The van der Waals surface area contributed by atoms with Crippen molar-refractivity contribution in [2.24, 2.45) is 5.92 Å². The van der Waals surface area contributed by atoms with Crippen LogP contribution in [0.15, 0.2) is 24.3 Å². The van der Waals surface area contributed by atoms with Crippen LogP contribution >= 0.6 is 0 Å². The molecule has 0 aliphatic heterocycles. The van der Waals surface area contributed by atoms with Gasteiger partial charge >= 0.3 is 0 Å². The Morgan fingerprint density at radius 1 is 1.15 bits per heavy atom. The van der Waals surface area contributed by atoms with Gasteiger partial charge in [0.15, 0.2) is 0 Å². The summed E-state index contributed by atoms with van der Waals surface area (Å²) in [7, 11) is 1.76. The van der Waals surface area contributed by atoms with E-state index in [4.69, 9.17) is 4.74 Å². The normalized spacial score (nSPS) is 14.2. The van der Waals surface area contributed by atoms with Crippen LogP contribution in [0.1, 0.15) is 57.2 Å². The predicted molar refractivity (Wildman–Crippen MR) is 87.1 cm³/mol. The van der Waals surface area contributed by atoms with E-state index in [2.05, 4.69) is 50.4 Å². The summed E-state index contributed by atoms with van der Waals surface area (Å²) < 4.78 is 5.13. The summed E-state index contributed by atoms with van der Waals surface area (Å²) in [4.78, 5) is 0. The van der Waals surface area contributed by atoms with E-state index in [1.54, 1.807) is 7.11 Å². The van der Waals surface area contributed by atoms with Gasteiger partial charge in [-0.15, -0.1) is 0 Å². The first-order valence-corrected chi connectivity index (χ1v) is 8.02. The maximum absolute atomic E-state index is 5.13. The van der Waals surface area contributed by atoms with Crippen molar-refractivity contribution in [2.45, 2.75) is 52.5 Å². The summed E-state index contributed by atoms with van der Waals surface area (Å²) in [6.45, 7) is 8.72. The number of hydrogen-bond donors (Lipinski definition) is 1. The Hall–Kier alpha value is -0.860. The van der Waals surface area contributed by atoms with Crippen molar-refractivity contribution in [1.29, 1.82) is 0 Å². The molecule has 0 radical (unpaired) electrons. The standard InChI is InChI=1S/C18H31NO/c1-5-12-19-18(14-15(3)6-2)17-9-7-16(8-10-17)11-13-20-4/h7-10,15,18-19H,5-6,11-14H2,1-4H3. The average molecular weight is 277 g/mol. The minimum atomic E-state index is 0.487. The molecular weight excluding hydrogens is 246 g/mol. The average Bonchev–Trinajstić information content (AvgIpc) is 2.49. The van der Waals surface area contributed by atoms with E-state index in [-0.39, 0.29) is 0 Å². The molecule has 2 atom stereocenters. The van der Waals surface area contributed by atoms with Gasteiger partial charge in [0.2, 0.25) is 0 Å². The fourth-order valence-corrected chi connectivity index (χ4v) is 2.36. The van der Waals surface area contributed by atoms with Gasteiger partial charge in [-0.05, 0) is 42.9 Å². The van der Waals surface area contributed by atoms with E-state index in [0.29, 0.717) is 6.04 Å². The van der Waals surface area contributed by atoms with Gasteiger partial charge < -0.3 is 10.1 Å². The Morgan fingerprint density at radius 3 is 2.40 bits per heavy atom. The highest BCUT2D eigenvalue weighted by Crippen LogP contribution is 2.23. The maximum atomic E-state index is 5.13. The molecule has 0 spiro atoms. The zero-order chi connectivity index (χ0) is 14.8. The molecule has 0 aromatic heterocycles. The Kier molecular flexibility index (Phi) is 8.56. The molecule has 1 aromatic rings. The van der Waals surface area contributed by atoms with Crippen LogP contribution < -0.4 is 5.32 Å². The zero-order valence-corrected chi connectivity index (χ0v) is 13.6. The summed E-state index contributed by atoms with van der Waals surface area (Å²) >= 11 is 0. The fraction of sp³-hybridized carbons (Fsp3) is 0.667. The molecule has 114 valence electrons. The Morgan fingerprint density at radius 2 is 1.85 bits per heavy atom. The van der Waals surface area contributed by atoms with E-state index in [9.17, 15) is 0 Å². The van der Waals surface area contributed by atoms with Gasteiger partial charge in [0.1, 0.15) is 0 Å². The molecule has 0 bridgehead atoms. The largest absolute Gasteiger partial charge is 0.384 e. The monoisotopic (exact) mass is 277 g/mol. The number of methoxy groups -OCH3 is 1. The van der Waals surface area contributed by atoms with Crippen molar-refractivity contribution in [1.82, 2.24) is 5.32 Å². The second kappa shape index (κ2) is 9.95. The van der Waals surface area contributed by atoms with Crippen LogP contribution in [-0.4, -0.2) is 20.3 Å². The van der Waals surface area contributed by atoms with Crippen molar-refractivity contribution in [3.63, 3.8) is 0 Å². The summed E-state index contributed by atoms with van der Waals surface area (Å²) in [6, 6.07) is 9.53. The topological polar surface area (TPSA) is 21.3 Å². The molecule has 0 amide bonds. The van der Waals surface area contributed by atoms with E-state index in [0.717, 1.165) is 25.5 Å². The molecular formula is C18H31NO. The van der Waals surface area contributed by atoms with E-state index in [1.165, 1.54) is 30.4 Å². The lowest BCUT2D eigenvalue weighted by molar-refractivity contribution is 0.202. The third-order valence-electron chi connectivity index (χ3n) is 3.95. The highest BCUT2D eigenvalue weighted by atomic mass is 16.5. The molecule has 1 aromatic carbocycles. The summed E-state index contributed by atoms with van der Waals surface area (Å²) in [5, 5.41) is 3.69. The van der Waals surface area contributed by atoms with E-state index in [1.807, 2.05) is 0 Å². The van der Waals surface area contributed by atoms with Gasteiger partial charge in [-0.2, -0.15) is 0 Å². The third-order valence-corrected chi connectivity index (χ3v) is 3.95. The lowest BCUT2D eigenvalue weighted by Gasteiger charge is -2.22. The second-order valence-corrected chi connectivity index (χ2v) is 5.74. The van der Waals surface area contributed by atoms with E-state index < -0.39 is 0 Å². The van der Waals surface area contributed by atoms with Crippen LogP contribution in [0.25, 0.3) is 0 Å². The van der Waals surface area contributed by atoms with Crippen LogP contribution in [0.2, 0.25) is 0 Å². The fourth-order valence-electron chi connectivity index (χ4n) is 2.36. The van der Waals surface area contributed by atoms with Gasteiger partial charge in [-0.1, -0.05) is 51.5 Å². The quantitative estimate of drug-likeness (QED) is 0.686. The molecule has 0 aliphatic rings. The predicted octanol–water partition coefficient (Wildman–Crippen LogP) is 4.35. The second-order valence-electron chi connectivity index (χ2n) is 5.74. The maximum Gasteiger partial charge on any atom is 0.0502 e. The van der Waals surface area contributed by atoms with Crippen LogP contribution in [0, 0.1) is 5.92 Å². The lowest BCUT2D eigenvalue weighted by atomic mass is 9.93. The van der Waals surface area contributed by atoms with Gasteiger partial charge in [-0.3, -0.25) is 0 Å². The molecule has 0 fully saturated rings. The summed E-state index contributed by atoms with van der Waals surface area (Å²) in [5.41, 5.74) is 2.77. The van der Waals surface area contributed by atoms with Crippen LogP contribution in [0.4, 0.5) is 0 Å². The van der Waals surface area contributed by atoms with E-state index >= 15 is 0 Å². The van der Waals surface area contributed by atoms with Crippen molar-refractivity contribution in [2.75, 3.05) is 20.3 Å². The molecule has 0 saturated heterocycles. The minimum Gasteiger partial charge on any atom is -0.384 e. The van der Waals surface area contributed by atoms with Crippen molar-refractivity contribution in [3.8, 4) is 0 Å². The van der Waals surface area contributed by atoms with Gasteiger partial charge in [0.05, 0.1) is 6.61 Å². The van der Waals surface area contributed by atoms with Crippen LogP contribution in [0.5, 0.6) is 0 Å². The molecule has 2 unspecified atom stereocenters. The molecule has 2 heteroatoms. The summed E-state index contributed by atoms with van der Waals surface area (Å²) in [6.07, 6.45) is 4.64. The molecule has 0 aliphatic carbocycles. The Labute approximate surface area is 124 Å². The Bertz CT molecular complexity index is 347. The van der Waals surface area contributed by atoms with Gasteiger partial charge in [-0.25, -0.2) is 0 Å². The van der Waals surface area contributed by atoms with Crippen molar-refractivity contribution in [3.05, 3.63) is 35.4 Å². The molecule has 0 saturated carbocycles. The first-order valence-electron chi connectivity index (χ1n) is 8.02. The molecule has 20 heavy (non-hydrogen) atoms. The highest BCUT2D eigenvalue weighted by Gasteiger charge is 2.13. The number of nitrogens with one attached hydrogen (secondary N) is 1. The summed E-state index contributed by atoms with van der Waals surface area (Å²) in [5.74, 6) is 0.762. The molecule has 1 rings (SSSR count). The minimum absolute atomic E-state index is 0.487. The van der Waals surface area contributed by atoms with Crippen LogP contribution in [-0.2, 0) is 11.2 Å². The highest BCUT2D eigenvalue weighted by molar-refractivity contribution is 5.25. The number of rotatable bonds is 10. The number of hydrogen-bond acceptors (Lipinski definition) is 2. The lowest BCUT2D eigenvalue weighted by Crippen LogP contribution is -2.24. The molecule has 2 nitrogen and oxygen atoms in total. The number of benzene rings is 1. The first-order chi connectivity index (χ1) is 9.71. The third kappa shape index (κ3) is 6.06. The van der Waals surface area contributed by atoms with Crippen molar-refractivity contribution >= 4 is 0 Å². The zero-order valence-electron chi connectivity index (χ0n) is 13.6. The van der Waals surface area contributed by atoms with Crippen LogP contribution in [0.3, 0.4) is 0 Å². The molecule has 1 N–H and O–H groups in total. The SMILES string of the molecule is CCCNC(CC(C)CC)c1ccc(CCOC)cc1. The Balaban J connectivity index is 2.68. The van der Waals surface area contributed by atoms with Gasteiger partial charge in [0, 0.05) is 13.2 Å². The number of ether oxygens (including phenoxy) is 1. The smallest absolute Gasteiger partial charge is 0.0502 e. The first kappa shape index (κ1) is 17.2.